The lowest BCUT2D eigenvalue weighted by Gasteiger charge is -2.12. The van der Waals surface area contributed by atoms with Crippen LogP contribution in [0.5, 0.6) is 11.5 Å². The first-order chi connectivity index (χ1) is 9.52. The number of methoxy groups -OCH3 is 1. The van der Waals surface area contributed by atoms with Crippen molar-refractivity contribution in [1.29, 1.82) is 0 Å². The van der Waals surface area contributed by atoms with Crippen molar-refractivity contribution in [3.05, 3.63) is 23.8 Å². The molecule has 0 aliphatic rings. The summed E-state index contributed by atoms with van der Waals surface area (Å²) in [5, 5.41) is 3.69. The van der Waals surface area contributed by atoms with Crippen molar-refractivity contribution in [2.75, 3.05) is 13.7 Å². The minimum absolute atomic E-state index is 0.590. The van der Waals surface area contributed by atoms with E-state index in [1.54, 1.807) is 13.2 Å². The number of hydrazone groups is 1. The largest absolute Gasteiger partial charge is 0.493 e. The number of carbonyl (C=O) groups is 1. The summed E-state index contributed by atoms with van der Waals surface area (Å²) >= 11 is 0. The van der Waals surface area contributed by atoms with Crippen LogP contribution in [0.15, 0.2) is 23.3 Å². The molecule has 0 aromatic heterocycles. The number of rotatable bonds is 7. The molecular formula is C14H21N3O3. The highest BCUT2D eigenvalue weighted by Crippen LogP contribution is 2.27. The van der Waals surface area contributed by atoms with E-state index >= 15 is 0 Å². The highest BCUT2D eigenvalue weighted by Gasteiger charge is 2.05. The summed E-state index contributed by atoms with van der Waals surface area (Å²) in [7, 11) is 1.58. The first-order valence-corrected chi connectivity index (χ1v) is 6.42. The molecule has 2 amide bonds. The summed E-state index contributed by atoms with van der Waals surface area (Å²) in [6.07, 6.45) is 2.46. The zero-order valence-corrected chi connectivity index (χ0v) is 12.1. The first kappa shape index (κ1) is 15.8. The fourth-order valence-corrected chi connectivity index (χ4v) is 1.46. The van der Waals surface area contributed by atoms with Crippen LogP contribution in [0.4, 0.5) is 4.79 Å². The minimum Gasteiger partial charge on any atom is -0.493 e. The molecule has 20 heavy (non-hydrogen) atoms. The Morgan fingerprint density at radius 3 is 2.80 bits per heavy atom. The van der Waals surface area contributed by atoms with Gasteiger partial charge in [-0.1, -0.05) is 13.8 Å². The fraction of sp³-hybridized carbons (Fsp3) is 0.429. The Morgan fingerprint density at radius 2 is 2.20 bits per heavy atom. The molecule has 0 atom stereocenters. The molecule has 0 radical (unpaired) electrons. The summed E-state index contributed by atoms with van der Waals surface area (Å²) in [5.41, 5.74) is 7.81. The van der Waals surface area contributed by atoms with Crippen molar-refractivity contribution in [3.63, 3.8) is 0 Å². The Morgan fingerprint density at radius 1 is 1.45 bits per heavy atom. The highest BCUT2D eigenvalue weighted by atomic mass is 16.5. The number of primary amides is 1. The van der Waals surface area contributed by atoms with Gasteiger partial charge in [0, 0.05) is 0 Å². The molecule has 0 bridgehead atoms. The Kier molecular flexibility index (Phi) is 6.36. The van der Waals surface area contributed by atoms with Crippen LogP contribution < -0.4 is 20.6 Å². The van der Waals surface area contributed by atoms with E-state index in [0.29, 0.717) is 24.0 Å². The van der Waals surface area contributed by atoms with Gasteiger partial charge in [0.05, 0.1) is 19.9 Å². The smallest absolute Gasteiger partial charge is 0.332 e. The number of urea groups is 1. The van der Waals surface area contributed by atoms with Crippen molar-refractivity contribution >= 4 is 12.2 Å². The maximum atomic E-state index is 10.5. The lowest BCUT2D eigenvalue weighted by molar-refractivity contribution is 0.249. The number of hydrogen-bond acceptors (Lipinski definition) is 4. The third-order valence-corrected chi connectivity index (χ3v) is 2.53. The predicted octanol–water partition coefficient (Wildman–Crippen LogP) is 2.12. The topological polar surface area (TPSA) is 85.9 Å². The molecule has 1 rings (SSSR count). The molecule has 6 nitrogen and oxygen atoms in total. The van der Waals surface area contributed by atoms with Gasteiger partial charge in [-0.15, -0.1) is 0 Å². The lowest BCUT2D eigenvalue weighted by atomic mass is 10.1. The summed E-state index contributed by atoms with van der Waals surface area (Å²) in [6, 6.07) is 4.70. The molecule has 110 valence electrons. The molecule has 0 saturated carbocycles. The average Bonchev–Trinajstić information content (AvgIpc) is 2.39. The van der Waals surface area contributed by atoms with Crippen molar-refractivity contribution in [2.24, 2.45) is 16.8 Å². The monoisotopic (exact) mass is 279 g/mol. The van der Waals surface area contributed by atoms with Gasteiger partial charge in [0.25, 0.3) is 0 Å². The number of nitrogens with one attached hydrogen (secondary N) is 1. The predicted molar refractivity (Wildman–Crippen MR) is 78.3 cm³/mol. The lowest BCUT2D eigenvalue weighted by Crippen LogP contribution is -2.24. The van der Waals surface area contributed by atoms with Crippen molar-refractivity contribution in [1.82, 2.24) is 5.43 Å². The number of amides is 2. The van der Waals surface area contributed by atoms with Gasteiger partial charge >= 0.3 is 6.03 Å². The molecule has 0 aliphatic carbocycles. The molecule has 0 unspecified atom stereocenters. The van der Waals surface area contributed by atoms with Crippen molar-refractivity contribution < 1.29 is 14.3 Å². The van der Waals surface area contributed by atoms with Crippen LogP contribution in [-0.4, -0.2) is 26.0 Å². The van der Waals surface area contributed by atoms with E-state index in [-0.39, 0.29) is 0 Å². The third-order valence-electron chi connectivity index (χ3n) is 2.53. The van der Waals surface area contributed by atoms with E-state index in [2.05, 4.69) is 24.4 Å². The van der Waals surface area contributed by atoms with E-state index in [1.807, 2.05) is 12.1 Å². The standard InChI is InChI=1S/C14H21N3O3/c1-10(2)6-7-20-12-5-4-11(8-13(12)19-3)9-16-17-14(15)18/h4-5,8-10H,6-7H2,1-3H3,(H3,15,17,18)/b16-9-. The summed E-state index contributed by atoms with van der Waals surface area (Å²) in [5.74, 6) is 1.90. The van der Waals surface area contributed by atoms with Gasteiger partial charge in [-0.05, 0) is 36.1 Å². The van der Waals surface area contributed by atoms with Crippen LogP contribution in [0.3, 0.4) is 0 Å². The number of ether oxygens (including phenoxy) is 2. The summed E-state index contributed by atoms with van der Waals surface area (Å²) < 4.78 is 10.9. The number of nitrogens with two attached hydrogens (primary N) is 1. The molecule has 1 aromatic rings. The maximum absolute atomic E-state index is 10.5. The van der Waals surface area contributed by atoms with Crippen LogP contribution >= 0.6 is 0 Å². The number of hydrogen-bond donors (Lipinski definition) is 2. The Hall–Kier alpha value is -2.24. The van der Waals surface area contributed by atoms with Crippen LogP contribution in [0.2, 0.25) is 0 Å². The van der Waals surface area contributed by atoms with Crippen LogP contribution in [0.25, 0.3) is 0 Å². The van der Waals surface area contributed by atoms with Crippen LogP contribution in [0, 0.1) is 5.92 Å². The molecule has 0 fully saturated rings. The maximum Gasteiger partial charge on any atom is 0.332 e. The second-order valence-electron chi connectivity index (χ2n) is 4.68. The van der Waals surface area contributed by atoms with Gasteiger partial charge in [-0.25, -0.2) is 10.2 Å². The van der Waals surface area contributed by atoms with Gasteiger partial charge in [0.15, 0.2) is 11.5 Å². The van der Waals surface area contributed by atoms with Gasteiger partial charge in [-0.3, -0.25) is 0 Å². The molecule has 1 aromatic carbocycles. The molecular weight excluding hydrogens is 258 g/mol. The normalized spacial score (nSPS) is 10.8. The van der Waals surface area contributed by atoms with Crippen molar-refractivity contribution in [3.8, 4) is 11.5 Å². The zero-order chi connectivity index (χ0) is 15.0. The van der Waals surface area contributed by atoms with Gasteiger partial charge in [0.2, 0.25) is 0 Å². The van der Waals surface area contributed by atoms with E-state index in [9.17, 15) is 4.79 Å². The van der Waals surface area contributed by atoms with E-state index in [0.717, 1.165) is 12.0 Å². The summed E-state index contributed by atoms with van der Waals surface area (Å²) in [6.45, 7) is 4.93. The second-order valence-corrected chi connectivity index (χ2v) is 4.68. The summed E-state index contributed by atoms with van der Waals surface area (Å²) in [4.78, 5) is 10.5. The minimum atomic E-state index is -0.707. The van der Waals surface area contributed by atoms with Gasteiger partial charge in [0.1, 0.15) is 0 Å². The molecule has 0 spiro atoms. The average molecular weight is 279 g/mol. The highest BCUT2D eigenvalue weighted by molar-refractivity contribution is 5.82. The fourth-order valence-electron chi connectivity index (χ4n) is 1.46. The van der Waals surface area contributed by atoms with Gasteiger partial charge in [-0.2, -0.15) is 5.10 Å². The Labute approximate surface area is 118 Å². The SMILES string of the molecule is COc1cc(/C=N\NC(N)=O)ccc1OCCC(C)C. The molecule has 0 saturated heterocycles. The van der Waals surface area contributed by atoms with E-state index in [4.69, 9.17) is 15.2 Å². The van der Waals surface area contributed by atoms with Gasteiger partial charge < -0.3 is 15.2 Å². The number of benzene rings is 1. The number of nitrogens with zero attached hydrogens (tertiary/aromatic N) is 1. The second kappa shape index (κ2) is 8.04. The Balaban J connectivity index is 2.69. The molecule has 0 heterocycles. The third kappa shape index (κ3) is 5.60. The van der Waals surface area contributed by atoms with Crippen molar-refractivity contribution in [2.45, 2.75) is 20.3 Å². The Bertz CT molecular complexity index is 473. The number of carbonyl (C=O) groups excluding carboxylic acids is 1. The van der Waals surface area contributed by atoms with E-state index < -0.39 is 6.03 Å². The molecule has 6 heteroatoms. The van der Waals surface area contributed by atoms with Crippen LogP contribution in [0.1, 0.15) is 25.8 Å². The molecule has 0 aliphatic heterocycles. The quantitative estimate of drug-likeness (QED) is 0.592. The van der Waals surface area contributed by atoms with E-state index in [1.165, 1.54) is 6.21 Å². The first-order valence-electron chi connectivity index (χ1n) is 6.42. The molecule has 3 N–H and O–H groups in total. The van der Waals surface area contributed by atoms with Crippen LogP contribution in [-0.2, 0) is 0 Å². The zero-order valence-electron chi connectivity index (χ0n) is 12.1.